The van der Waals surface area contributed by atoms with Gasteiger partial charge in [0.15, 0.2) is 0 Å². The van der Waals surface area contributed by atoms with Gasteiger partial charge in [-0.3, -0.25) is 0 Å². The number of likely N-dealkylation sites (N-methyl/N-ethyl adjacent to an activating group) is 1. The quantitative estimate of drug-likeness (QED) is 0.920. The number of hydrogen-bond donors (Lipinski definition) is 1. The zero-order chi connectivity index (χ0) is 15.6. The number of anilines is 1. The maximum atomic E-state index is 6.46. The Balaban J connectivity index is 2.02. The fraction of sp³-hybridized carbons (Fsp3) is 0.647. The molecule has 1 saturated heterocycles. The Kier molecular flexibility index (Phi) is 5.18. The molecule has 0 spiro atoms. The largest absolute Gasteiger partial charge is 0.370 e. The monoisotopic (exact) mass is 309 g/mol. The lowest BCUT2D eigenvalue weighted by Gasteiger charge is -2.23. The van der Waals surface area contributed by atoms with E-state index in [4.69, 9.17) is 11.6 Å². The average molecular weight is 310 g/mol. The Hall–Kier alpha value is -0.770. The van der Waals surface area contributed by atoms with Crippen LogP contribution < -0.4 is 10.2 Å². The second-order valence-corrected chi connectivity index (χ2v) is 7.64. The van der Waals surface area contributed by atoms with Crippen LogP contribution in [0.5, 0.6) is 0 Å². The summed E-state index contributed by atoms with van der Waals surface area (Å²) in [5.74, 6) is 0. The fourth-order valence-corrected chi connectivity index (χ4v) is 2.88. The highest BCUT2D eigenvalue weighted by Crippen LogP contribution is 2.27. The molecule has 0 aromatic heterocycles. The van der Waals surface area contributed by atoms with Crippen molar-refractivity contribution >= 4 is 17.3 Å². The minimum absolute atomic E-state index is 0.107. The van der Waals surface area contributed by atoms with Gasteiger partial charge in [-0.25, -0.2) is 0 Å². The first kappa shape index (κ1) is 16.6. The van der Waals surface area contributed by atoms with Crippen LogP contribution in [0.1, 0.15) is 32.8 Å². The molecule has 0 saturated carbocycles. The molecule has 0 bridgehead atoms. The summed E-state index contributed by atoms with van der Waals surface area (Å²) < 4.78 is 0. The van der Waals surface area contributed by atoms with Gasteiger partial charge in [0.05, 0.1) is 0 Å². The van der Waals surface area contributed by atoms with Crippen LogP contribution in [-0.4, -0.2) is 43.7 Å². The molecule has 1 aromatic rings. The molecule has 1 aliphatic heterocycles. The van der Waals surface area contributed by atoms with Crippen LogP contribution in [0.25, 0.3) is 0 Å². The SMILES string of the molecule is CN(C)C1CCN(c2ccc(CNC(C)(C)C)c(Cl)c2)C1. The number of nitrogens with one attached hydrogen (secondary N) is 1. The normalized spacial score (nSPS) is 19.6. The molecular weight excluding hydrogens is 282 g/mol. The first-order valence-corrected chi connectivity index (χ1v) is 8.09. The van der Waals surface area contributed by atoms with E-state index >= 15 is 0 Å². The van der Waals surface area contributed by atoms with Crippen molar-refractivity contribution in [1.82, 2.24) is 10.2 Å². The Morgan fingerprint density at radius 3 is 2.57 bits per heavy atom. The first-order chi connectivity index (χ1) is 9.76. The summed E-state index contributed by atoms with van der Waals surface area (Å²) in [6.45, 7) is 9.51. The van der Waals surface area contributed by atoms with Crippen molar-refractivity contribution in [2.24, 2.45) is 0 Å². The van der Waals surface area contributed by atoms with Gasteiger partial charge in [0, 0.05) is 41.9 Å². The Bertz CT molecular complexity index is 479. The minimum atomic E-state index is 0.107. The molecule has 1 fully saturated rings. The lowest BCUT2D eigenvalue weighted by Crippen LogP contribution is -2.35. The van der Waals surface area contributed by atoms with Crippen molar-refractivity contribution in [1.29, 1.82) is 0 Å². The summed E-state index contributed by atoms with van der Waals surface area (Å²) in [6, 6.07) is 7.11. The summed E-state index contributed by atoms with van der Waals surface area (Å²) in [7, 11) is 4.31. The molecule has 1 atom stereocenters. The van der Waals surface area contributed by atoms with Crippen LogP contribution in [0.4, 0.5) is 5.69 Å². The van der Waals surface area contributed by atoms with Crippen molar-refractivity contribution in [3.8, 4) is 0 Å². The maximum Gasteiger partial charge on any atom is 0.0471 e. The third kappa shape index (κ3) is 4.60. The molecule has 1 heterocycles. The number of hydrogen-bond acceptors (Lipinski definition) is 3. The van der Waals surface area contributed by atoms with Gasteiger partial charge >= 0.3 is 0 Å². The van der Waals surface area contributed by atoms with Crippen LogP contribution in [0.15, 0.2) is 18.2 Å². The Morgan fingerprint density at radius 1 is 1.33 bits per heavy atom. The standard InChI is InChI=1S/C17H28ClN3/c1-17(2,3)19-11-13-6-7-14(10-16(13)18)21-9-8-15(12-21)20(4)5/h6-7,10,15,19H,8-9,11-12H2,1-5H3. The third-order valence-electron chi connectivity index (χ3n) is 4.10. The molecule has 118 valence electrons. The van der Waals surface area contributed by atoms with Crippen LogP contribution in [0.2, 0.25) is 5.02 Å². The van der Waals surface area contributed by atoms with E-state index < -0.39 is 0 Å². The summed E-state index contributed by atoms with van der Waals surface area (Å²) in [6.07, 6.45) is 1.22. The summed E-state index contributed by atoms with van der Waals surface area (Å²) >= 11 is 6.46. The molecule has 1 aromatic carbocycles. The van der Waals surface area contributed by atoms with E-state index in [1.165, 1.54) is 17.7 Å². The zero-order valence-corrected chi connectivity index (χ0v) is 14.7. The van der Waals surface area contributed by atoms with Crippen LogP contribution in [-0.2, 0) is 6.54 Å². The van der Waals surface area contributed by atoms with Crippen LogP contribution in [0, 0.1) is 0 Å². The van der Waals surface area contributed by atoms with E-state index in [2.05, 4.69) is 68.2 Å². The second kappa shape index (κ2) is 6.55. The minimum Gasteiger partial charge on any atom is -0.370 e. The van der Waals surface area contributed by atoms with Gasteiger partial charge in [0.1, 0.15) is 0 Å². The van der Waals surface area contributed by atoms with Crippen LogP contribution in [0.3, 0.4) is 0 Å². The van der Waals surface area contributed by atoms with Gasteiger partial charge < -0.3 is 15.1 Å². The fourth-order valence-electron chi connectivity index (χ4n) is 2.63. The molecule has 1 aliphatic rings. The van der Waals surface area contributed by atoms with E-state index in [9.17, 15) is 0 Å². The smallest absolute Gasteiger partial charge is 0.0471 e. The lowest BCUT2D eigenvalue weighted by atomic mass is 10.1. The number of halogens is 1. The van der Waals surface area contributed by atoms with E-state index in [0.717, 1.165) is 24.7 Å². The predicted molar refractivity (Wildman–Crippen MR) is 92.3 cm³/mol. The molecule has 2 rings (SSSR count). The highest BCUT2D eigenvalue weighted by molar-refractivity contribution is 6.31. The van der Waals surface area contributed by atoms with E-state index in [-0.39, 0.29) is 5.54 Å². The molecule has 0 amide bonds. The molecule has 3 nitrogen and oxygen atoms in total. The highest BCUT2D eigenvalue weighted by atomic mass is 35.5. The maximum absolute atomic E-state index is 6.46. The zero-order valence-electron chi connectivity index (χ0n) is 13.9. The first-order valence-electron chi connectivity index (χ1n) is 7.71. The molecule has 1 unspecified atom stereocenters. The molecule has 0 aliphatic carbocycles. The summed E-state index contributed by atoms with van der Waals surface area (Å²) in [5.41, 5.74) is 2.51. The van der Waals surface area contributed by atoms with Gasteiger partial charge in [-0.05, 0) is 59.0 Å². The van der Waals surface area contributed by atoms with Gasteiger partial charge in [0.25, 0.3) is 0 Å². The van der Waals surface area contributed by atoms with Gasteiger partial charge in [-0.2, -0.15) is 0 Å². The average Bonchev–Trinajstić information content (AvgIpc) is 2.85. The van der Waals surface area contributed by atoms with Gasteiger partial charge in [0.2, 0.25) is 0 Å². The molecule has 1 N–H and O–H groups in total. The lowest BCUT2D eigenvalue weighted by molar-refractivity contribution is 0.315. The van der Waals surface area contributed by atoms with Crippen molar-refractivity contribution in [3.05, 3.63) is 28.8 Å². The summed E-state index contributed by atoms with van der Waals surface area (Å²) in [4.78, 5) is 4.74. The molecule has 21 heavy (non-hydrogen) atoms. The molecule has 4 heteroatoms. The highest BCUT2D eigenvalue weighted by Gasteiger charge is 2.24. The Morgan fingerprint density at radius 2 is 2.05 bits per heavy atom. The third-order valence-corrected chi connectivity index (χ3v) is 4.46. The number of benzene rings is 1. The molecule has 0 radical (unpaired) electrons. The van der Waals surface area contributed by atoms with Crippen molar-refractivity contribution in [3.63, 3.8) is 0 Å². The van der Waals surface area contributed by atoms with Gasteiger partial charge in [-0.1, -0.05) is 17.7 Å². The number of rotatable bonds is 4. The summed E-state index contributed by atoms with van der Waals surface area (Å²) in [5, 5.41) is 4.34. The molecular formula is C17H28ClN3. The topological polar surface area (TPSA) is 18.5 Å². The van der Waals surface area contributed by atoms with E-state index in [0.29, 0.717) is 6.04 Å². The van der Waals surface area contributed by atoms with Crippen molar-refractivity contribution < 1.29 is 0 Å². The predicted octanol–water partition coefficient (Wildman–Crippen LogP) is 3.37. The van der Waals surface area contributed by atoms with Crippen molar-refractivity contribution in [2.75, 3.05) is 32.1 Å². The Labute approximate surface area is 134 Å². The van der Waals surface area contributed by atoms with E-state index in [1.807, 2.05) is 0 Å². The second-order valence-electron chi connectivity index (χ2n) is 7.23. The van der Waals surface area contributed by atoms with E-state index in [1.54, 1.807) is 0 Å². The number of nitrogens with zero attached hydrogens (tertiary/aromatic N) is 2. The van der Waals surface area contributed by atoms with Crippen molar-refractivity contribution in [2.45, 2.75) is 45.3 Å². The van der Waals surface area contributed by atoms with Gasteiger partial charge in [-0.15, -0.1) is 0 Å². The van der Waals surface area contributed by atoms with Crippen LogP contribution >= 0.6 is 11.6 Å².